The van der Waals surface area contributed by atoms with Gasteiger partial charge in [0.25, 0.3) is 0 Å². The van der Waals surface area contributed by atoms with Gasteiger partial charge in [0.2, 0.25) is 0 Å². The molecule has 11 heavy (non-hydrogen) atoms. The van der Waals surface area contributed by atoms with Gasteiger partial charge in [0, 0.05) is 0 Å². The predicted molar refractivity (Wildman–Crippen MR) is 48.7 cm³/mol. The summed E-state index contributed by atoms with van der Waals surface area (Å²) < 4.78 is 0. The lowest BCUT2D eigenvalue weighted by Gasteiger charge is -2.12. The average molecular weight is 165 g/mol. The fourth-order valence-corrected chi connectivity index (χ4v) is 2.49. The first-order chi connectivity index (χ1) is 5.42. The summed E-state index contributed by atoms with van der Waals surface area (Å²) in [5.74, 6) is 0. The Morgan fingerprint density at radius 3 is 3.27 bits per heavy atom. The first-order valence-corrected chi connectivity index (χ1v) is 4.87. The Hall–Kier alpha value is -0.630. The highest BCUT2D eigenvalue weighted by atomic mass is 32.1. The molecule has 2 heteroatoms. The number of hydrogen-bond donors (Lipinski definition) is 0. The van der Waals surface area contributed by atoms with E-state index in [4.69, 9.17) is 0 Å². The van der Waals surface area contributed by atoms with Crippen LogP contribution in [0.25, 0.3) is 5.57 Å². The van der Waals surface area contributed by atoms with E-state index in [0.717, 1.165) is 0 Å². The second kappa shape index (κ2) is 2.78. The van der Waals surface area contributed by atoms with Crippen LogP contribution in [0.3, 0.4) is 0 Å². The molecule has 0 fully saturated rings. The molecule has 0 saturated carbocycles. The molecule has 2 rings (SSSR count). The molecule has 0 unspecified atom stereocenters. The van der Waals surface area contributed by atoms with Gasteiger partial charge in [-0.05, 0) is 31.8 Å². The highest BCUT2D eigenvalue weighted by molar-refractivity contribution is 7.11. The lowest BCUT2D eigenvalue weighted by Crippen LogP contribution is -1.98. The Bertz CT molecular complexity index is 286. The molecule has 1 aliphatic carbocycles. The zero-order chi connectivity index (χ0) is 7.68. The Labute approximate surface area is 70.8 Å². The van der Waals surface area contributed by atoms with Crippen molar-refractivity contribution in [1.82, 2.24) is 4.98 Å². The van der Waals surface area contributed by atoms with Gasteiger partial charge in [0.15, 0.2) is 0 Å². The van der Waals surface area contributed by atoms with E-state index in [1.165, 1.54) is 35.4 Å². The molecule has 1 nitrogen and oxygen atoms in total. The van der Waals surface area contributed by atoms with Crippen molar-refractivity contribution in [3.8, 4) is 0 Å². The van der Waals surface area contributed by atoms with Gasteiger partial charge < -0.3 is 0 Å². The van der Waals surface area contributed by atoms with Crippen molar-refractivity contribution in [2.75, 3.05) is 0 Å². The van der Waals surface area contributed by atoms with Crippen LogP contribution in [-0.2, 0) is 6.42 Å². The van der Waals surface area contributed by atoms with Crippen LogP contribution < -0.4 is 0 Å². The number of aryl methyl sites for hydroxylation is 1. The first kappa shape index (κ1) is 7.04. The minimum atomic E-state index is 1.18. The number of allylic oxidation sites excluding steroid dienone is 2. The minimum absolute atomic E-state index is 1.18. The van der Waals surface area contributed by atoms with Crippen molar-refractivity contribution in [3.05, 3.63) is 22.2 Å². The Morgan fingerprint density at radius 1 is 1.55 bits per heavy atom. The first-order valence-electron chi connectivity index (χ1n) is 3.99. The monoisotopic (exact) mass is 165 g/mol. The van der Waals surface area contributed by atoms with Gasteiger partial charge in [-0.15, -0.1) is 11.3 Å². The topological polar surface area (TPSA) is 12.9 Å². The van der Waals surface area contributed by atoms with Crippen molar-refractivity contribution in [1.29, 1.82) is 0 Å². The highest BCUT2D eigenvalue weighted by Gasteiger charge is 2.14. The number of nitrogens with zero attached hydrogens (tertiary/aromatic N) is 1. The van der Waals surface area contributed by atoms with Crippen LogP contribution in [0.4, 0.5) is 0 Å². The molecular formula is C9H11NS. The fraction of sp³-hybridized carbons (Fsp3) is 0.444. The van der Waals surface area contributed by atoms with E-state index >= 15 is 0 Å². The lowest BCUT2D eigenvalue weighted by atomic mass is 9.97. The number of rotatable bonds is 0. The van der Waals surface area contributed by atoms with Crippen molar-refractivity contribution in [2.24, 2.45) is 0 Å². The molecule has 0 radical (unpaired) electrons. The van der Waals surface area contributed by atoms with Crippen molar-refractivity contribution in [3.63, 3.8) is 0 Å². The van der Waals surface area contributed by atoms with Crippen LogP contribution in [0.15, 0.2) is 11.6 Å². The molecule has 1 aromatic heterocycles. The molecule has 0 amide bonds. The Balaban J connectivity index is 2.48. The molecular weight excluding hydrogens is 154 g/mol. The summed E-state index contributed by atoms with van der Waals surface area (Å²) in [6.07, 6.45) is 5.91. The van der Waals surface area contributed by atoms with Crippen molar-refractivity contribution in [2.45, 2.75) is 26.2 Å². The molecule has 1 aliphatic rings. The van der Waals surface area contributed by atoms with Crippen LogP contribution in [-0.4, -0.2) is 4.98 Å². The summed E-state index contributed by atoms with van der Waals surface area (Å²) in [5, 5.41) is 0. The molecule has 1 aromatic rings. The number of aromatic nitrogens is 1. The van der Waals surface area contributed by atoms with E-state index < -0.39 is 0 Å². The molecule has 0 N–H and O–H groups in total. The molecule has 1 heterocycles. The Kier molecular flexibility index (Phi) is 1.78. The summed E-state index contributed by atoms with van der Waals surface area (Å²) >= 11 is 1.78. The lowest BCUT2D eigenvalue weighted by molar-refractivity contribution is 0.805. The fourth-order valence-electron chi connectivity index (χ4n) is 1.54. The van der Waals surface area contributed by atoms with Crippen LogP contribution in [0.5, 0.6) is 0 Å². The molecule has 0 aliphatic heterocycles. The summed E-state index contributed by atoms with van der Waals surface area (Å²) in [7, 11) is 0. The van der Waals surface area contributed by atoms with E-state index in [1.807, 2.05) is 5.51 Å². The van der Waals surface area contributed by atoms with Gasteiger partial charge in [0.05, 0.1) is 16.1 Å². The number of hydrogen-bond acceptors (Lipinski definition) is 2. The third-order valence-electron chi connectivity index (χ3n) is 2.14. The molecule has 0 atom stereocenters. The summed E-state index contributed by atoms with van der Waals surface area (Å²) in [5.41, 5.74) is 4.77. The second-order valence-electron chi connectivity index (χ2n) is 2.80. The van der Waals surface area contributed by atoms with Crippen LogP contribution >= 0.6 is 11.3 Å². The maximum atomic E-state index is 4.33. The summed E-state index contributed by atoms with van der Waals surface area (Å²) in [6, 6.07) is 0. The van der Waals surface area contributed by atoms with Crippen LogP contribution in [0.2, 0.25) is 0 Å². The van der Waals surface area contributed by atoms with Crippen molar-refractivity contribution >= 4 is 16.9 Å². The maximum absolute atomic E-state index is 4.33. The molecule has 0 spiro atoms. The summed E-state index contributed by atoms with van der Waals surface area (Å²) in [6.45, 7) is 2.12. The molecule has 58 valence electrons. The molecule has 0 saturated heterocycles. The SMILES string of the molecule is C/C=C1/CCCc2ncsc21. The van der Waals surface area contributed by atoms with Gasteiger partial charge in [-0.25, -0.2) is 4.98 Å². The number of fused-ring (bicyclic) bond motifs is 1. The van der Waals surface area contributed by atoms with E-state index in [-0.39, 0.29) is 0 Å². The standard InChI is InChI=1S/C9H11NS/c1-2-7-4-3-5-8-9(7)11-6-10-8/h2,6H,3-5H2,1H3/b7-2-. The van der Waals surface area contributed by atoms with Crippen molar-refractivity contribution < 1.29 is 0 Å². The highest BCUT2D eigenvalue weighted by Crippen LogP contribution is 2.32. The third-order valence-corrected chi connectivity index (χ3v) is 3.09. The average Bonchev–Trinajstić information content (AvgIpc) is 2.50. The van der Waals surface area contributed by atoms with E-state index in [9.17, 15) is 0 Å². The normalized spacial score (nSPS) is 20.3. The van der Waals surface area contributed by atoms with E-state index in [2.05, 4.69) is 18.0 Å². The van der Waals surface area contributed by atoms with Gasteiger partial charge in [0.1, 0.15) is 0 Å². The van der Waals surface area contributed by atoms with Crippen LogP contribution in [0, 0.1) is 0 Å². The van der Waals surface area contributed by atoms with Gasteiger partial charge in [-0.3, -0.25) is 0 Å². The van der Waals surface area contributed by atoms with Gasteiger partial charge in [-0.2, -0.15) is 0 Å². The van der Waals surface area contributed by atoms with E-state index in [0.29, 0.717) is 0 Å². The largest absolute Gasteiger partial charge is 0.249 e. The van der Waals surface area contributed by atoms with Gasteiger partial charge >= 0.3 is 0 Å². The quantitative estimate of drug-likeness (QED) is 0.576. The zero-order valence-corrected chi connectivity index (χ0v) is 7.45. The predicted octanol–water partition coefficient (Wildman–Crippen LogP) is 2.88. The third kappa shape index (κ3) is 1.11. The molecule has 0 aromatic carbocycles. The van der Waals surface area contributed by atoms with E-state index in [1.54, 1.807) is 11.3 Å². The van der Waals surface area contributed by atoms with Crippen LogP contribution in [0.1, 0.15) is 30.3 Å². The minimum Gasteiger partial charge on any atom is -0.249 e. The van der Waals surface area contributed by atoms with Gasteiger partial charge in [-0.1, -0.05) is 6.08 Å². The zero-order valence-electron chi connectivity index (χ0n) is 6.63. The maximum Gasteiger partial charge on any atom is 0.0801 e. The second-order valence-corrected chi connectivity index (χ2v) is 3.65. The smallest absolute Gasteiger partial charge is 0.0801 e. The summed E-state index contributed by atoms with van der Waals surface area (Å²) in [4.78, 5) is 5.76. The Morgan fingerprint density at radius 2 is 2.45 bits per heavy atom. The molecule has 0 bridgehead atoms. The number of thiazole rings is 1.